The molecule has 0 saturated heterocycles. The minimum Gasteiger partial charge on any atom is -0.481 e. The lowest BCUT2D eigenvalue weighted by atomic mass is 10.1. The Morgan fingerprint density at radius 3 is 2.25 bits per heavy atom. The average Bonchev–Trinajstić information content (AvgIpc) is 1.98. The first kappa shape index (κ1) is 10.7. The minimum atomic E-state index is -1.01. The van der Waals surface area contributed by atoms with Gasteiger partial charge in [-0.2, -0.15) is 0 Å². The van der Waals surface area contributed by atoms with Crippen LogP contribution in [-0.4, -0.2) is 22.2 Å². The molecule has 0 rings (SSSR count). The molecule has 0 aromatic carbocycles. The lowest BCUT2D eigenvalue weighted by Gasteiger charge is -2.00. The first-order chi connectivity index (χ1) is 5.45. The van der Waals surface area contributed by atoms with Gasteiger partial charge in [-0.15, -0.1) is 0 Å². The van der Waals surface area contributed by atoms with Crippen molar-refractivity contribution in [1.29, 1.82) is 0 Å². The zero-order chi connectivity index (χ0) is 9.72. The van der Waals surface area contributed by atoms with Crippen LogP contribution in [-0.2, 0) is 9.59 Å². The minimum absolute atomic E-state index is 0.183. The van der Waals surface area contributed by atoms with Gasteiger partial charge in [0.2, 0.25) is 0 Å². The third-order valence-corrected chi connectivity index (χ3v) is 1.54. The predicted octanol–water partition coefficient (Wildman–Crippen LogP) is 1.13. The molecule has 0 heterocycles. The molecule has 0 radical (unpaired) electrons. The normalized spacial score (nSPS) is 14.0. The molecule has 0 aliphatic heterocycles. The van der Waals surface area contributed by atoms with Gasteiger partial charge in [0.1, 0.15) is 0 Å². The fourth-order valence-electron chi connectivity index (χ4n) is 0.542. The van der Waals surface area contributed by atoms with E-state index in [0.29, 0.717) is 0 Å². The summed E-state index contributed by atoms with van der Waals surface area (Å²) < 4.78 is 0. The third kappa shape index (κ3) is 3.75. The van der Waals surface area contributed by atoms with E-state index in [-0.39, 0.29) is 12.0 Å². The van der Waals surface area contributed by atoms with Gasteiger partial charge in [0, 0.05) is 5.57 Å². The molecule has 12 heavy (non-hydrogen) atoms. The van der Waals surface area contributed by atoms with Gasteiger partial charge in [-0.1, -0.05) is 13.0 Å². The fraction of sp³-hybridized carbons (Fsp3) is 0.500. The van der Waals surface area contributed by atoms with E-state index in [1.807, 2.05) is 0 Å². The van der Waals surface area contributed by atoms with E-state index in [2.05, 4.69) is 0 Å². The monoisotopic (exact) mass is 172 g/mol. The van der Waals surface area contributed by atoms with Crippen molar-refractivity contribution in [2.24, 2.45) is 5.92 Å². The molecule has 0 aliphatic rings. The fourth-order valence-corrected chi connectivity index (χ4v) is 0.542. The Bertz CT molecular complexity index is 217. The van der Waals surface area contributed by atoms with Crippen LogP contribution < -0.4 is 0 Å². The first-order valence-corrected chi connectivity index (χ1v) is 3.58. The SMILES string of the molecule is CC(=CCC(C)C(=O)O)C(=O)O. The highest BCUT2D eigenvalue weighted by molar-refractivity contribution is 5.85. The molecule has 0 saturated carbocycles. The Hall–Kier alpha value is -1.32. The summed E-state index contributed by atoms with van der Waals surface area (Å²) in [5.41, 5.74) is 0.183. The number of hydrogen-bond acceptors (Lipinski definition) is 2. The molecule has 4 heteroatoms. The van der Waals surface area contributed by atoms with Crippen molar-refractivity contribution in [3.63, 3.8) is 0 Å². The molecular weight excluding hydrogens is 160 g/mol. The average molecular weight is 172 g/mol. The molecule has 68 valence electrons. The predicted molar refractivity (Wildman–Crippen MR) is 42.8 cm³/mol. The summed E-state index contributed by atoms with van der Waals surface area (Å²) in [6.45, 7) is 2.98. The molecule has 0 spiro atoms. The Morgan fingerprint density at radius 2 is 1.92 bits per heavy atom. The Labute approximate surface area is 70.5 Å². The van der Waals surface area contributed by atoms with Gasteiger partial charge in [-0.05, 0) is 13.3 Å². The van der Waals surface area contributed by atoms with Gasteiger partial charge in [0.25, 0.3) is 0 Å². The van der Waals surface area contributed by atoms with Crippen LogP contribution in [0.5, 0.6) is 0 Å². The first-order valence-electron chi connectivity index (χ1n) is 3.58. The van der Waals surface area contributed by atoms with Crippen molar-refractivity contribution >= 4 is 11.9 Å². The van der Waals surface area contributed by atoms with Crippen molar-refractivity contribution in [3.05, 3.63) is 11.6 Å². The molecular formula is C8H12O4. The van der Waals surface area contributed by atoms with Crippen LogP contribution in [0.15, 0.2) is 11.6 Å². The summed E-state index contributed by atoms with van der Waals surface area (Å²) in [6, 6.07) is 0. The van der Waals surface area contributed by atoms with Gasteiger partial charge in [0.15, 0.2) is 0 Å². The zero-order valence-electron chi connectivity index (χ0n) is 7.07. The number of hydrogen-bond donors (Lipinski definition) is 2. The lowest BCUT2D eigenvalue weighted by Crippen LogP contribution is -2.08. The second kappa shape index (κ2) is 4.54. The van der Waals surface area contributed by atoms with E-state index >= 15 is 0 Å². The molecule has 0 aromatic heterocycles. The molecule has 1 unspecified atom stereocenters. The van der Waals surface area contributed by atoms with Crippen molar-refractivity contribution in [2.75, 3.05) is 0 Å². The lowest BCUT2D eigenvalue weighted by molar-refractivity contribution is -0.141. The van der Waals surface area contributed by atoms with Crippen LogP contribution in [0, 0.1) is 5.92 Å². The van der Waals surface area contributed by atoms with Crippen molar-refractivity contribution < 1.29 is 19.8 Å². The van der Waals surface area contributed by atoms with E-state index in [4.69, 9.17) is 10.2 Å². The van der Waals surface area contributed by atoms with Crippen molar-refractivity contribution in [3.8, 4) is 0 Å². The Balaban J connectivity index is 4.04. The van der Waals surface area contributed by atoms with E-state index in [1.165, 1.54) is 19.9 Å². The molecule has 0 aliphatic carbocycles. The van der Waals surface area contributed by atoms with Crippen LogP contribution in [0.3, 0.4) is 0 Å². The number of allylic oxidation sites excluding steroid dienone is 1. The van der Waals surface area contributed by atoms with E-state index in [0.717, 1.165) is 0 Å². The maximum absolute atomic E-state index is 10.3. The maximum Gasteiger partial charge on any atom is 0.330 e. The highest BCUT2D eigenvalue weighted by Gasteiger charge is 2.09. The number of carboxylic acid groups (broad SMARTS) is 2. The van der Waals surface area contributed by atoms with Gasteiger partial charge >= 0.3 is 11.9 Å². The molecule has 0 fully saturated rings. The van der Waals surface area contributed by atoms with Gasteiger partial charge < -0.3 is 10.2 Å². The highest BCUT2D eigenvalue weighted by atomic mass is 16.4. The summed E-state index contributed by atoms with van der Waals surface area (Å²) in [7, 11) is 0. The summed E-state index contributed by atoms with van der Waals surface area (Å²) >= 11 is 0. The van der Waals surface area contributed by atoms with Crippen LogP contribution >= 0.6 is 0 Å². The summed E-state index contributed by atoms with van der Waals surface area (Å²) in [5.74, 6) is -2.45. The van der Waals surface area contributed by atoms with Crippen LogP contribution in [0.1, 0.15) is 20.3 Å². The molecule has 4 nitrogen and oxygen atoms in total. The van der Waals surface area contributed by atoms with E-state index in [9.17, 15) is 9.59 Å². The smallest absolute Gasteiger partial charge is 0.330 e. The third-order valence-electron chi connectivity index (χ3n) is 1.54. The molecule has 0 aromatic rings. The Morgan fingerprint density at radius 1 is 1.42 bits per heavy atom. The van der Waals surface area contributed by atoms with Gasteiger partial charge in [-0.3, -0.25) is 4.79 Å². The topological polar surface area (TPSA) is 74.6 Å². The second-order valence-electron chi connectivity index (χ2n) is 2.67. The quantitative estimate of drug-likeness (QED) is 0.623. The molecule has 2 N–H and O–H groups in total. The number of rotatable bonds is 4. The van der Waals surface area contributed by atoms with Crippen LogP contribution in [0.4, 0.5) is 0 Å². The standard InChI is InChI=1S/C8H12O4/c1-5(7(9)10)3-4-6(2)8(11)12/h3,6H,4H2,1-2H3,(H,9,10)(H,11,12). The summed E-state index contributed by atoms with van der Waals surface area (Å²) in [6.07, 6.45) is 1.68. The molecule has 0 amide bonds. The number of carboxylic acids is 2. The zero-order valence-corrected chi connectivity index (χ0v) is 7.07. The molecule has 1 atom stereocenters. The van der Waals surface area contributed by atoms with E-state index in [1.54, 1.807) is 0 Å². The maximum atomic E-state index is 10.3. The van der Waals surface area contributed by atoms with Crippen LogP contribution in [0.25, 0.3) is 0 Å². The van der Waals surface area contributed by atoms with Crippen molar-refractivity contribution in [2.45, 2.75) is 20.3 Å². The Kier molecular flexibility index (Phi) is 4.04. The number of carbonyl (C=O) groups is 2. The van der Waals surface area contributed by atoms with Gasteiger partial charge in [-0.25, -0.2) is 4.79 Å². The number of aliphatic carboxylic acids is 2. The largest absolute Gasteiger partial charge is 0.481 e. The second-order valence-corrected chi connectivity index (χ2v) is 2.67. The molecule has 0 bridgehead atoms. The summed E-state index contributed by atoms with van der Waals surface area (Å²) in [4.78, 5) is 20.6. The van der Waals surface area contributed by atoms with Crippen LogP contribution in [0.2, 0.25) is 0 Å². The van der Waals surface area contributed by atoms with Crippen molar-refractivity contribution in [1.82, 2.24) is 0 Å². The van der Waals surface area contributed by atoms with Gasteiger partial charge in [0.05, 0.1) is 5.92 Å². The van der Waals surface area contributed by atoms with E-state index < -0.39 is 17.9 Å². The highest BCUT2D eigenvalue weighted by Crippen LogP contribution is 2.05. The summed E-state index contributed by atoms with van der Waals surface area (Å²) in [5, 5.41) is 16.9.